The van der Waals surface area contributed by atoms with E-state index in [0.717, 1.165) is 5.01 Å². The summed E-state index contributed by atoms with van der Waals surface area (Å²) in [6, 6.07) is 10.8. The van der Waals surface area contributed by atoms with Crippen molar-refractivity contribution >= 4 is 34.8 Å². The number of benzene rings is 2. The highest BCUT2D eigenvalue weighted by molar-refractivity contribution is 6.30. The maximum atomic E-state index is 13.8. The van der Waals surface area contributed by atoms with Crippen molar-refractivity contribution in [2.75, 3.05) is 5.32 Å². The maximum absolute atomic E-state index is 13.8. The van der Waals surface area contributed by atoms with Gasteiger partial charge in [-0.1, -0.05) is 35.9 Å². The Kier molecular flexibility index (Phi) is 5.40. The minimum Gasteiger partial charge on any atom is -0.363 e. The molecule has 1 fully saturated rings. The highest BCUT2D eigenvalue weighted by atomic mass is 35.5. The van der Waals surface area contributed by atoms with Gasteiger partial charge in [0.2, 0.25) is 5.91 Å². The smallest absolute Gasteiger partial charge is 0.363 e. The molecular formula is C21H18ClF3N4O2. The number of fused-ring (bicyclic) bond motifs is 1. The molecule has 4 rings (SSSR count). The van der Waals surface area contributed by atoms with E-state index >= 15 is 0 Å². The summed E-state index contributed by atoms with van der Waals surface area (Å²) in [7, 11) is 0. The summed E-state index contributed by atoms with van der Waals surface area (Å²) in [5, 5.41) is 7.09. The molecule has 0 spiro atoms. The van der Waals surface area contributed by atoms with E-state index in [1.807, 2.05) is 0 Å². The molecule has 1 saturated heterocycles. The Morgan fingerprint density at radius 1 is 1.10 bits per heavy atom. The van der Waals surface area contributed by atoms with Crippen molar-refractivity contribution in [3.8, 4) is 0 Å². The fourth-order valence-corrected chi connectivity index (χ4v) is 3.97. The second-order valence-corrected chi connectivity index (χ2v) is 7.78. The third kappa shape index (κ3) is 4.24. The Labute approximate surface area is 181 Å². The first kappa shape index (κ1) is 21.2. The standard InChI is InChI=1S/C21H18ClF3N4O2/c1-11(30)26-15-8-4-12(5-9-15)16-10-17(31)29-20(27-16)18(19(28-29)21(23,24)25)13-2-6-14(22)7-3-13/h2-10,18-20,27-28H,1H3,(H,26,30). The average molecular weight is 451 g/mol. The lowest BCUT2D eigenvalue weighted by atomic mass is 9.89. The average Bonchev–Trinajstić information content (AvgIpc) is 3.09. The van der Waals surface area contributed by atoms with Crippen LogP contribution in [0.25, 0.3) is 5.70 Å². The third-order valence-electron chi connectivity index (χ3n) is 5.19. The van der Waals surface area contributed by atoms with Gasteiger partial charge < -0.3 is 10.6 Å². The highest BCUT2D eigenvalue weighted by Crippen LogP contribution is 2.41. The molecule has 10 heteroatoms. The monoisotopic (exact) mass is 450 g/mol. The molecule has 3 N–H and O–H groups in total. The van der Waals surface area contributed by atoms with Crippen LogP contribution < -0.4 is 16.1 Å². The summed E-state index contributed by atoms with van der Waals surface area (Å²) in [5.41, 5.74) is 4.28. The fraction of sp³-hybridized carbons (Fsp3) is 0.238. The van der Waals surface area contributed by atoms with Gasteiger partial charge in [0.15, 0.2) is 0 Å². The van der Waals surface area contributed by atoms with E-state index in [0.29, 0.717) is 27.5 Å². The van der Waals surface area contributed by atoms with Crippen LogP contribution in [0.1, 0.15) is 24.0 Å². The first-order valence-electron chi connectivity index (χ1n) is 9.41. The molecule has 2 aliphatic rings. The van der Waals surface area contributed by atoms with E-state index in [4.69, 9.17) is 11.6 Å². The van der Waals surface area contributed by atoms with Gasteiger partial charge in [-0.2, -0.15) is 13.2 Å². The van der Waals surface area contributed by atoms with Crippen molar-refractivity contribution in [1.82, 2.24) is 15.8 Å². The number of carbonyl (C=O) groups is 2. The first-order chi connectivity index (χ1) is 14.6. The molecule has 6 nitrogen and oxygen atoms in total. The summed E-state index contributed by atoms with van der Waals surface area (Å²) in [6.07, 6.45) is -4.30. The molecule has 2 heterocycles. The SMILES string of the molecule is CC(=O)Nc1ccc(C2=CC(=O)N3NC(C(F)(F)F)C(c4ccc(Cl)cc4)C3N2)cc1. The van der Waals surface area contributed by atoms with Crippen LogP contribution in [0.3, 0.4) is 0 Å². The predicted molar refractivity (Wildman–Crippen MR) is 110 cm³/mol. The maximum Gasteiger partial charge on any atom is 0.406 e. The van der Waals surface area contributed by atoms with Gasteiger partial charge in [-0.25, -0.2) is 5.43 Å². The summed E-state index contributed by atoms with van der Waals surface area (Å²) in [6.45, 7) is 1.38. The van der Waals surface area contributed by atoms with E-state index in [2.05, 4.69) is 16.1 Å². The molecule has 0 saturated carbocycles. The van der Waals surface area contributed by atoms with Crippen LogP contribution in [0.4, 0.5) is 18.9 Å². The van der Waals surface area contributed by atoms with Gasteiger partial charge in [-0.15, -0.1) is 0 Å². The third-order valence-corrected chi connectivity index (χ3v) is 5.44. The summed E-state index contributed by atoms with van der Waals surface area (Å²) in [5.74, 6) is -1.91. The zero-order chi connectivity index (χ0) is 22.3. The van der Waals surface area contributed by atoms with Crippen LogP contribution in [0.2, 0.25) is 5.02 Å². The molecular weight excluding hydrogens is 433 g/mol. The quantitative estimate of drug-likeness (QED) is 0.667. The lowest BCUT2D eigenvalue weighted by Crippen LogP contribution is -2.53. The van der Waals surface area contributed by atoms with Gasteiger partial charge in [0.05, 0.1) is 5.92 Å². The van der Waals surface area contributed by atoms with Crippen LogP contribution >= 0.6 is 11.6 Å². The summed E-state index contributed by atoms with van der Waals surface area (Å²) in [4.78, 5) is 23.9. The lowest BCUT2D eigenvalue weighted by Gasteiger charge is -2.33. The number of hydrogen-bond donors (Lipinski definition) is 3. The van der Waals surface area contributed by atoms with E-state index in [-0.39, 0.29) is 5.91 Å². The van der Waals surface area contributed by atoms with Gasteiger partial charge in [-0.3, -0.25) is 14.6 Å². The van der Waals surface area contributed by atoms with Gasteiger partial charge in [-0.05, 0) is 35.4 Å². The number of halogens is 4. The fourth-order valence-electron chi connectivity index (χ4n) is 3.84. The van der Waals surface area contributed by atoms with Gasteiger partial charge in [0.1, 0.15) is 12.2 Å². The van der Waals surface area contributed by atoms with Crippen molar-refractivity contribution in [1.29, 1.82) is 0 Å². The largest absolute Gasteiger partial charge is 0.406 e. The van der Waals surface area contributed by atoms with Crippen molar-refractivity contribution < 1.29 is 22.8 Å². The molecule has 2 amide bonds. The molecule has 0 radical (unpaired) electrons. The summed E-state index contributed by atoms with van der Waals surface area (Å²) >= 11 is 5.90. The minimum absolute atomic E-state index is 0.227. The molecule has 2 aliphatic heterocycles. The lowest BCUT2D eigenvalue weighted by molar-refractivity contribution is -0.161. The van der Waals surface area contributed by atoms with Crippen LogP contribution in [-0.2, 0) is 9.59 Å². The minimum atomic E-state index is -4.58. The predicted octanol–water partition coefficient (Wildman–Crippen LogP) is 3.63. The molecule has 2 aromatic rings. The molecule has 162 valence electrons. The Morgan fingerprint density at radius 2 is 1.74 bits per heavy atom. The molecule has 2 aromatic carbocycles. The van der Waals surface area contributed by atoms with Crippen LogP contribution in [-0.4, -0.2) is 35.2 Å². The number of nitrogens with zero attached hydrogens (tertiary/aromatic N) is 1. The summed E-state index contributed by atoms with van der Waals surface area (Å²) < 4.78 is 41.4. The van der Waals surface area contributed by atoms with Crippen LogP contribution in [0, 0.1) is 0 Å². The van der Waals surface area contributed by atoms with Crippen molar-refractivity contribution in [3.63, 3.8) is 0 Å². The highest BCUT2D eigenvalue weighted by Gasteiger charge is 2.57. The second-order valence-electron chi connectivity index (χ2n) is 7.34. The number of amides is 2. The Bertz CT molecular complexity index is 1040. The molecule has 3 unspecified atom stereocenters. The molecule has 0 aliphatic carbocycles. The molecule has 0 aromatic heterocycles. The van der Waals surface area contributed by atoms with Crippen molar-refractivity contribution in [2.24, 2.45) is 0 Å². The number of anilines is 1. The van der Waals surface area contributed by atoms with E-state index in [1.54, 1.807) is 24.3 Å². The topological polar surface area (TPSA) is 73.5 Å². The van der Waals surface area contributed by atoms with Crippen LogP contribution in [0.15, 0.2) is 54.6 Å². The van der Waals surface area contributed by atoms with Gasteiger partial charge in [0.25, 0.3) is 5.91 Å². The van der Waals surface area contributed by atoms with E-state index < -0.39 is 30.2 Å². The zero-order valence-electron chi connectivity index (χ0n) is 16.2. The Balaban J connectivity index is 1.67. The second kappa shape index (κ2) is 7.90. The Hall–Kier alpha value is -3.04. The normalized spacial score (nSPS) is 23.1. The molecule has 3 atom stereocenters. The first-order valence-corrected chi connectivity index (χ1v) is 9.79. The van der Waals surface area contributed by atoms with Crippen molar-refractivity contribution in [3.05, 3.63) is 70.8 Å². The number of nitrogens with one attached hydrogen (secondary N) is 3. The molecule has 31 heavy (non-hydrogen) atoms. The zero-order valence-corrected chi connectivity index (χ0v) is 17.0. The van der Waals surface area contributed by atoms with Gasteiger partial charge in [0, 0.05) is 29.4 Å². The van der Waals surface area contributed by atoms with E-state index in [1.165, 1.54) is 37.3 Å². The van der Waals surface area contributed by atoms with Gasteiger partial charge >= 0.3 is 6.18 Å². The number of hydrogen-bond acceptors (Lipinski definition) is 4. The van der Waals surface area contributed by atoms with E-state index in [9.17, 15) is 22.8 Å². The number of rotatable bonds is 3. The van der Waals surface area contributed by atoms with Crippen molar-refractivity contribution in [2.45, 2.75) is 31.2 Å². The van der Waals surface area contributed by atoms with Crippen LogP contribution in [0.5, 0.6) is 0 Å². The number of alkyl halides is 3. The Morgan fingerprint density at radius 3 is 2.32 bits per heavy atom. The number of hydrazine groups is 1. The number of carbonyl (C=O) groups excluding carboxylic acids is 2. The molecule has 0 bridgehead atoms.